The fourth-order valence-electron chi connectivity index (χ4n) is 2.30. The Morgan fingerprint density at radius 2 is 2.00 bits per heavy atom. The standard InChI is InChI=1S/C15H29N3O2S/c1-6-8-16-13(15(3,4)21(5,19)20)12-14-17-9-11-18(14)10-7-2/h9,11,13,16H,6-8,10,12H2,1-5H3. The van der Waals surface area contributed by atoms with Crippen molar-refractivity contribution in [3.8, 4) is 0 Å². The van der Waals surface area contributed by atoms with Crippen LogP contribution in [0.1, 0.15) is 46.4 Å². The Morgan fingerprint density at radius 3 is 2.52 bits per heavy atom. The molecule has 122 valence electrons. The number of rotatable bonds is 9. The normalized spacial score (nSPS) is 14.3. The summed E-state index contributed by atoms with van der Waals surface area (Å²) < 4.78 is 25.5. The van der Waals surface area contributed by atoms with E-state index in [0.717, 1.165) is 31.8 Å². The van der Waals surface area contributed by atoms with Crippen LogP contribution in [0.4, 0.5) is 0 Å². The molecular weight excluding hydrogens is 286 g/mol. The SMILES string of the molecule is CCCNC(Cc1nccn1CCC)C(C)(C)S(C)(=O)=O. The Hall–Kier alpha value is -0.880. The van der Waals surface area contributed by atoms with Gasteiger partial charge in [-0.05, 0) is 33.2 Å². The van der Waals surface area contributed by atoms with Crippen LogP contribution in [0.5, 0.6) is 0 Å². The van der Waals surface area contributed by atoms with Crippen LogP contribution >= 0.6 is 0 Å². The second kappa shape index (κ2) is 7.40. The van der Waals surface area contributed by atoms with Gasteiger partial charge in [0.05, 0.1) is 4.75 Å². The maximum Gasteiger partial charge on any atom is 0.154 e. The Balaban J connectivity index is 3.00. The zero-order valence-electron chi connectivity index (χ0n) is 13.9. The predicted molar refractivity (Wildman–Crippen MR) is 87.2 cm³/mol. The lowest BCUT2D eigenvalue weighted by Crippen LogP contribution is -2.53. The van der Waals surface area contributed by atoms with Gasteiger partial charge in [-0.15, -0.1) is 0 Å². The van der Waals surface area contributed by atoms with Gasteiger partial charge in [-0.3, -0.25) is 0 Å². The topological polar surface area (TPSA) is 64.0 Å². The highest BCUT2D eigenvalue weighted by Gasteiger charge is 2.39. The van der Waals surface area contributed by atoms with Gasteiger partial charge in [0.25, 0.3) is 0 Å². The van der Waals surface area contributed by atoms with Crippen molar-refractivity contribution in [2.45, 2.75) is 64.3 Å². The van der Waals surface area contributed by atoms with Crippen LogP contribution < -0.4 is 5.32 Å². The van der Waals surface area contributed by atoms with Gasteiger partial charge in [-0.25, -0.2) is 13.4 Å². The van der Waals surface area contributed by atoms with E-state index in [2.05, 4.69) is 28.7 Å². The van der Waals surface area contributed by atoms with E-state index >= 15 is 0 Å². The second-order valence-electron chi connectivity index (χ2n) is 6.12. The van der Waals surface area contributed by atoms with Crippen LogP contribution in [0, 0.1) is 0 Å². The lowest BCUT2D eigenvalue weighted by molar-refractivity contribution is 0.395. The highest BCUT2D eigenvalue weighted by Crippen LogP contribution is 2.23. The van der Waals surface area contributed by atoms with Crippen LogP contribution in [0.15, 0.2) is 12.4 Å². The Kier molecular flexibility index (Phi) is 6.41. The summed E-state index contributed by atoms with van der Waals surface area (Å²) in [6, 6.07) is -0.148. The molecule has 1 aromatic rings. The molecule has 0 radical (unpaired) electrons. The molecule has 0 aliphatic heterocycles. The molecule has 1 heterocycles. The van der Waals surface area contributed by atoms with Crippen molar-refractivity contribution in [1.82, 2.24) is 14.9 Å². The Labute approximate surface area is 129 Å². The monoisotopic (exact) mass is 315 g/mol. The summed E-state index contributed by atoms with van der Waals surface area (Å²) in [5, 5.41) is 3.39. The molecular formula is C15H29N3O2S. The van der Waals surface area contributed by atoms with Crippen LogP contribution in [-0.2, 0) is 22.8 Å². The summed E-state index contributed by atoms with van der Waals surface area (Å²) in [4.78, 5) is 4.41. The number of sulfone groups is 1. The first-order chi connectivity index (χ1) is 9.74. The van der Waals surface area contributed by atoms with Gasteiger partial charge in [-0.2, -0.15) is 0 Å². The smallest absolute Gasteiger partial charge is 0.154 e. The quantitative estimate of drug-likeness (QED) is 0.757. The van der Waals surface area contributed by atoms with E-state index in [-0.39, 0.29) is 6.04 Å². The van der Waals surface area contributed by atoms with E-state index in [9.17, 15) is 8.42 Å². The van der Waals surface area contributed by atoms with Crippen molar-refractivity contribution in [3.63, 3.8) is 0 Å². The van der Waals surface area contributed by atoms with Crippen LogP contribution in [-0.4, -0.2) is 41.6 Å². The second-order valence-corrected chi connectivity index (χ2v) is 8.72. The minimum absolute atomic E-state index is 0.148. The van der Waals surface area contributed by atoms with Crippen molar-refractivity contribution in [1.29, 1.82) is 0 Å². The number of hydrogen-bond donors (Lipinski definition) is 1. The fourth-order valence-corrected chi connectivity index (χ4v) is 2.98. The van der Waals surface area contributed by atoms with Crippen LogP contribution in [0.3, 0.4) is 0 Å². The first kappa shape index (κ1) is 18.2. The zero-order valence-corrected chi connectivity index (χ0v) is 14.7. The molecule has 21 heavy (non-hydrogen) atoms. The molecule has 0 aliphatic rings. The number of imidazole rings is 1. The molecule has 0 amide bonds. The van der Waals surface area contributed by atoms with Crippen molar-refractivity contribution in [2.75, 3.05) is 12.8 Å². The molecule has 1 N–H and O–H groups in total. The maximum atomic E-state index is 12.1. The third-order valence-corrected chi connectivity index (χ3v) is 6.28. The van der Waals surface area contributed by atoms with Gasteiger partial charge < -0.3 is 9.88 Å². The molecule has 0 aromatic carbocycles. The molecule has 1 atom stereocenters. The van der Waals surface area contributed by atoms with Gasteiger partial charge in [0.1, 0.15) is 5.82 Å². The summed E-state index contributed by atoms with van der Waals surface area (Å²) in [6.45, 7) is 9.51. The summed E-state index contributed by atoms with van der Waals surface area (Å²) >= 11 is 0. The Bertz CT molecular complexity index is 535. The zero-order chi connectivity index (χ0) is 16.1. The predicted octanol–water partition coefficient (Wildman–Crippen LogP) is 2.03. The largest absolute Gasteiger partial charge is 0.335 e. The minimum atomic E-state index is -3.16. The highest BCUT2D eigenvalue weighted by molar-refractivity contribution is 7.92. The van der Waals surface area contributed by atoms with Gasteiger partial charge in [0.15, 0.2) is 9.84 Å². The number of nitrogens with zero attached hydrogens (tertiary/aromatic N) is 2. The van der Waals surface area contributed by atoms with E-state index < -0.39 is 14.6 Å². The van der Waals surface area contributed by atoms with Gasteiger partial charge in [0.2, 0.25) is 0 Å². The van der Waals surface area contributed by atoms with E-state index in [4.69, 9.17) is 0 Å². The van der Waals surface area contributed by atoms with Crippen molar-refractivity contribution in [3.05, 3.63) is 18.2 Å². The van der Waals surface area contributed by atoms with Crippen molar-refractivity contribution in [2.24, 2.45) is 0 Å². The average molecular weight is 315 g/mol. The Morgan fingerprint density at radius 1 is 1.33 bits per heavy atom. The average Bonchev–Trinajstić information content (AvgIpc) is 2.80. The van der Waals surface area contributed by atoms with Crippen molar-refractivity contribution >= 4 is 9.84 Å². The first-order valence-corrected chi connectivity index (χ1v) is 9.56. The van der Waals surface area contributed by atoms with Gasteiger partial charge in [-0.1, -0.05) is 13.8 Å². The molecule has 1 unspecified atom stereocenters. The van der Waals surface area contributed by atoms with E-state index in [0.29, 0.717) is 6.42 Å². The molecule has 1 rings (SSSR count). The number of nitrogens with one attached hydrogen (secondary N) is 1. The molecule has 0 fully saturated rings. The van der Waals surface area contributed by atoms with Crippen LogP contribution in [0.25, 0.3) is 0 Å². The minimum Gasteiger partial charge on any atom is -0.335 e. The van der Waals surface area contributed by atoms with E-state index in [1.807, 2.05) is 6.20 Å². The summed E-state index contributed by atoms with van der Waals surface area (Å²) in [6.07, 6.45) is 7.68. The molecule has 0 spiro atoms. The highest BCUT2D eigenvalue weighted by atomic mass is 32.2. The molecule has 1 aromatic heterocycles. The molecule has 0 saturated heterocycles. The molecule has 6 heteroatoms. The first-order valence-electron chi connectivity index (χ1n) is 7.67. The molecule has 0 saturated carbocycles. The molecule has 0 bridgehead atoms. The number of hydrogen-bond acceptors (Lipinski definition) is 4. The summed E-state index contributed by atoms with van der Waals surface area (Å²) in [7, 11) is -3.16. The van der Waals surface area contributed by atoms with E-state index in [1.54, 1.807) is 20.0 Å². The van der Waals surface area contributed by atoms with Crippen molar-refractivity contribution < 1.29 is 8.42 Å². The third kappa shape index (κ3) is 4.54. The van der Waals surface area contributed by atoms with Crippen LogP contribution in [0.2, 0.25) is 0 Å². The maximum absolute atomic E-state index is 12.1. The third-order valence-electron chi connectivity index (χ3n) is 4.09. The molecule has 5 nitrogen and oxygen atoms in total. The van der Waals surface area contributed by atoms with E-state index in [1.165, 1.54) is 6.26 Å². The van der Waals surface area contributed by atoms with Gasteiger partial charge >= 0.3 is 0 Å². The lowest BCUT2D eigenvalue weighted by Gasteiger charge is -2.33. The number of aryl methyl sites for hydroxylation is 1. The lowest BCUT2D eigenvalue weighted by atomic mass is 9.99. The summed E-state index contributed by atoms with van der Waals surface area (Å²) in [5.74, 6) is 0.946. The van der Waals surface area contributed by atoms with Gasteiger partial charge in [0, 0.05) is 37.7 Å². The number of aromatic nitrogens is 2. The fraction of sp³-hybridized carbons (Fsp3) is 0.800. The summed E-state index contributed by atoms with van der Waals surface area (Å²) in [5.41, 5.74) is 0. The molecule has 0 aliphatic carbocycles.